The van der Waals surface area contributed by atoms with Crippen LogP contribution in [0.4, 0.5) is 5.69 Å². The first kappa shape index (κ1) is 18.6. The van der Waals surface area contributed by atoms with E-state index < -0.39 is 0 Å². The summed E-state index contributed by atoms with van der Waals surface area (Å²) in [6.07, 6.45) is 2.11. The third-order valence-electron chi connectivity index (χ3n) is 5.45. The van der Waals surface area contributed by atoms with E-state index in [9.17, 15) is 4.79 Å². The lowest BCUT2D eigenvalue weighted by atomic mass is 10.2. The quantitative estimate of drug-likeness (QED) is 0.621. The fourth-order valence-corrected chi connectivity index (χ4v) is 3.82. The predicted octanol–water partition coefficient (Wildman–Crippen LogP) is 3.50. The van der Waals surface area contributed by atoms with Crippen LogP contribution in [0.5, 0.6) is 0 Å². The number of piperazine rings is 1. The zero-order valence-electron chi connectivity index (χ0n) is 16.2. The highest BCUT2D eigenvalue weighted by Crippen LogP contribution is 2.16. The highest BCUT2D eigenvalue weighted by atomic mass is 16.1. The molecule has 5 nitrogen and oxygen atoms in total. The molecule has 0 spiro atoms. The van der Waals surface area contributed by atoms with E-state index in [0.29, 0.717) is 5.69 Å². The molecule has 1 aromatic heterocycles. The number of anilines is 1. The number of carbonyl (C=O) groups is 1. The first-order chi connectivity index (χ1) is 13.8. The second kappa shape index (κ2) is 8.93. The number of nitrogens with zero attached hydrogens (tertiary/aromatic N) is 2. The lowest BCUT2D eigenvalue weighted by Gasteiger charge is -2.36. The molecule has 0 bridgehead atoms. The van der Waals surface area contributed by atoms with Gasteiger partial charge in [0.05, 0.1) is 0 Å². The molecule has 0 aliphatic carbocycles. The highest BCUT2D eigenvalue weighted by Gasteiger charge is 2.16. The first-order valence-electron chi connectivity index (χ1n) is 10.2. The van der Waals surface area contributed by atoms with E-state index in [0.717, 1.165) is 63.0 Å². The summed E-state index contributed by atoms with van der Waals surface area (Å²) in [5.41, 5.74) is 2.96. The Morgan fingerprint density at radius 2 is 1.68 bits per heavy atom. The molecule has 146 valence electrons. The molecule has 0 radical (unpaired) electrons. The zero-order chi connectivity index (χ0) is 19.2. The van der Waals surface area contributed by atoms with Gasteiger partial charge in [0.2, 0.25) is 0 Å². The number of benzene rings is 2. The number of carbonyl (C=O) groups excluding carboxylic acids is 1. The fraction of sp³-hybridized carbons (Fsp3) is 0.348. The van der Waals surface area contributed by atoms with Gasteiger partial charge in [-0.15, -0.1) is 0 Å². The van der Waals surface area contributed by atoms with Crippen LogP contribution in [-0.4, -0.2) is 55.1 Å². The summed E-state index contributed by atoms with van der Waals surface area (Å²) in [5.74, 6) is -0.0207. The Hall–Kier alpha value is -2.79. The van der Waals surface area contributed by atoms with Crippen molar-refractivity contribution in [1.82, 2.24) is 15.2 Å². The zero-order valence-corrected chi connectivity index (χ0v) is 16.2. The average molecular weight is 377 g/mol. The Kier molecular flexibility index (Phi) is 5.92. The van der Waals surface area contributed by atoms with Crippen molar-refractivity contribution in [1.29, 1.82) is 0 Å². The second-order valence-electron chi connectivity index (χ2n) is 7.40. The molecule has 4 rings (SSSR count). The van der Waals surface area contributed by atoms with Crippen molar-refractivity contribution in [2.45, 2.75) is 12.8 Å². The summed E-state index contributed by atoms with van der Waals surface area (Å²) >= 11 is 0. The van der Waals surface area contributed by atoms with Gasteiger partial charge >= 0.3 is 0 Å². The van der Waals surface area contributed by atoms with Crippen molar-refractivity contribution >= 4 is 22.5 Å². The SMILES string of the molecule is O=C(NCCCCN1CCN(c2ccccc2)CC1)c1cc2ccccc2[nH]1. The smallest absolute Gasteiger partial charge is 0.267 e. The maximum Gasteiger partial charge on any atom is 0.267 e. The number of amides is 1. The van der Waals surface area contributed by atoms with Gasteiger partial charge in [-0.3, -0.25) is 9.69 Å². The molecule has 1 saturated heterocycles. The van der Waals surface area contributed by atoms with Gasteiger partial charge in [0, 0.05) is 49.3 Å². The van der Waals surface area contributed by atoms with Gasteiger partial charge in [0.15, 0.2) is 0 Å². The molecule has 1 fully saturated rings. The maximum absolute atomic E-state index is 12.3. The standard InChI is InChI=1S/C23H28N4O/c28-23(22-18-19-8-4-5-11-21(19)25-22)24-12-6-7-13-26-14-16-27(17-15-26)20-9-2-1-3-10-20/h1-5,8-11,18,25H,6-7,12-17H2,(H,24,28). The summed E-state index contributed by atoms with van der Waals surface area (Å²) in [6, 6.07) is 20.5. The van der Waals surface area contributed by atoms with Crippen LogP contribution in [0.2, 0.25) is 0 Å². The lowest BCUT2D eigenvalue weighted by Crippen LogP contribution is -2.46. The lowest BCUT2D eigenvalue weighted by molar-refractivity contribution is 0.0948. The molecular formula is C23H28N4O. The molecule has 2 heterocycles. The number of fused-ring (bicyclic) bond motifs is 1. The van der Waals surface area contributed by atoms with Crippen LogP contribution in [0, 0.1) is 0 Å². The minimum Gasteiger partial charge on any atom is -0.369 e. The third-order valence-corrected chi connectivity index (χ3v) is 5.45. The van der Waals surface area contributed by atoms with Crippen molar-refractivity contribution in [2.75, 3.05) is 44.2 Å². The monoisotopic (exact) mass is 376 g/mol. The van der Waals surface area contributed by atoms with Crippen LogP contribution in [-0.2, 0) is 0 Å². The Morgan fingerprint density at radius 1 is 0.929 bits per heavy atom. The van der Waals surface area contributed by atoms with Crippen molar-refractivity contribution in [2.24, 2.45) is 0 Å². The average Bonchev–Trinajstić information content (AvgIpc) is 3.19. The molecule has 0 atom stereocenters. The topological polar surface area (TPSA) is 51.4 Å². The van der Waals surface area contributed by atoms with E-state index in [1.807, 2.05) is 30.3 Å². The van der Waals surface area contributed by atoms with Crippen LogP contribution >= 0.6 is 0 Å². The minimum atomic E-state index is -0.0207. The number of hydrogen-bond donors (Lipinski definition) is 2. The molecular weight excluding hydrogens is 348 g/mol. The summed E-state index contributed by atoms with van der Waals surface area (Å²) in [7, 11) is 0. The molecule has 1 amide bonds. The van der Waals surface area contributed by atoms with Crippen molar-refractivity contribution in [3.05, 3.63) is 66.4 Å². The van der Waals surface area contributed by atoms with Gasteiger partial charge in [-0.1, -0.05) is 36.4 Å². The summed E-state index contributed by atoms with van der Waals surface area (Å²) in [6.45, 7) is 6.21. The number of unbranched alkanes of at least 4 members (excludes halogenated alkanes) is 1. The van der Waals surface area contributed by atoms with E-state index in [2.05, 4.69) is 50.4 Å². The predicted molar refractivity (Wildman–Crippen MR) is 115 cm³/mol. The van der Waals surface area contributed by atoms with Crippen LogP contribution in [0.25, 0.3) is 10.9 Å². The number of nitrogens with one attached hydrogen (secondary N) is 2. The number of para-hydroxylation sites is 2. The van der Waals surface area contributed by atoms with Crippen LogP contribution in [0.1, 0.15) is 23.3 Å². The number of aromatic nitrogens is 1. The fourth-order valence-electron chi connectivity index (χ4n) is 3.82. The van der Waals surface area contributed by atoms with E-state index in [4.69, 9.17) is 0 Å². The van der Waals surface area contributed by atoms with Gasteiger partial charge in [0.1, 0.15) is 5.69 Å². The van der Waals surface area contributed by atoms with Crippen molar-refractivity contribution < 1.29 is 4.79 Å². The molecule has 1 aliphatic rings. The second-order valence-corrected chi connectivity index (χ2v) is 7.40. The molecule has 2 aromatic carbocycles. The Bertz CT molecular complexity index is 864. The van der Waals surface area contributed by atoms with Gasteiger partial charge in [-0.05, 0) is 43.7 Å². The molecule has 1 aliphatic heterocycles. The van der Waals surface area contributed by atoms with Gasteiger partial charge in [-0.25, -0.2) is 0 Å². The van der Waals surface area contributed by atoms with E-state index >= 15 is 0 Å². The molecule has 2 N–H and O–H groups in total. The van der Waals surface area contributed by atoms with Crippen LogP contribution in [0.3, 0.4) is 0 Å². The van der Waals surface area contributed by atoms with Gasteiger partial charge in [-0.2, -0.15) is 0 Å². The molecule has 5 heteroatoms. The normalized spacial score (nSPS) is 15.1. The molecule has 0 saturated carbocycles. The molecule has 28 heavy (non-hydrogen) atoms. The van der Waals surface area contributed by atoms with E-state index in [-0.39, 0.29) is 5.91 Å². The summed E-state index contributed by atoms with van der Waals surface area (Å²) in [4.78, 5) is 20.5. The maximum atomic E-state index is 12.3. The largest absolute Gasteiger partial charge is 0.369 e. The Morgan fingerprint density at radius 3 is 2.46 bits per heavy atom. The van der Waals surface area contributed by atoms with Crippen LogP contribution < -0.4 is 10.2 Å². The highest BCUT2D eigenvalue weighted by molar-refractivity contribution is 5.97. The minimum absolute atomic E-state index is 0.0207. The van der Waals surface area contributed by atoms with E-state index in [1.54, 1.807) is 0 Å². The number of aromatic amines is 1. The summed E-state index contributed by atoms with van der Waals surface area (Å²) < 4.78 is 0. The number of hydrogen-bond acceptors (Lipinski definition) is 3. The third kappa shape index (κ3) is 4.54. The Labute approximate surface area is 166 Å². The van der Waals surface area contributed by atoms with E-state index in [1.165, 1.54) is 5.69 Å². The number of rotatable bonds is 7. The number of H-pyrrole nitrogens is 1. The van der Waals surface area contributed by atoms with Crippen LogP contribution in [0.15, 0.2) is 60.7 Å². The Balaban J connectivity index is 1.13. The van der Waals surface area contributed by atoms with Gasteiger partial charge in [0.25, 0.3) is 5.91 Å². The van der Waals surface area contributed by atoms with Crippen molar-refractivity contribution in [3.63, 3.8) is 0 Å². The summed E-state index contributed by atoms with van der Waals surface area (Å²) in [5, 5.41) is 4.10. The molecule has 3 aromatic rings. The van der Waals surface area contributed by atoms with Gasteiger partial charge < -0.3 is 15.2 Å². The molecule has 0 unspecified atom stereocenters. The van der Waals surface area contributed by atoms with Crippen molar-refractivity contribution in [3.8, 4) is 0 Å². The first-order valence-corrected chi connectivity index (χ1v) is 10.2.